The van der Waals surface area contributed by atoms with Gasteiger partial charge in [0.25, 0.3) is 0 Å². The Kier molecular flexibility index (Phi) is 16.9. The number of carbonyl (C=O) groups is 1. The Morgan fingerprint density at radius 2 is 1.78 bits per heavy atom. The lowest BCUT2D eigenvalue weighted by Gasteiger charge is -2.54. The molecule has 6 aliphatic rings. The van der Waals surface area contributed by atoms with Crippen LogP contribution in [0.2, 0.25) is 0 Å². The van der Waals surface area contributed by atoms with Gasteiger partial charge >= 0.3 is 0 Å². The van der Waals surface area contributed by atoms with E-state index in [0.29, 0.717) is 67.2 Å². The molecule has 0 saturated heterocycles. The van der Waals surface area contributed by atoms with E-state index in [9.17, 15) is 20.4 Å². The van der Waals surface area contributed by atoms with Crippen molar-refractivity contribution in [2.75, 3.05) is 39.7 Å². The second-order valence-corrected chi connectivity index (χ2v) is 21.8. The molecule has 2 aromatic carbocycles. The molecule has 0 aromatic heterocycles. The maximum absolute atomic E-state index is 15.5. The lowest BCUT2D eigenvalue weighted by Crippen LogP contribution is -2.50. The number of unbranched alkanes of at least 4 members (excludes halogenated alkanes) is 1. The van der Waals surface area contributed by atoms with Crippen molar-refractivity contribution in [2.45, 2.75) is 172 Å². The number of phenols is 2. The van der Waals surface area contributed by atoms with Crippen molar-refractivity contribution in [2.24, 2.45) is 45.9 Å². The molecule has 8 rings (SSSR count). The molecule has 2 bridgehead atoms. The summed E-state index contributed by atoms with van der Waals surface area (Å²) in [5.74, 6) is 5.95. The van der Waals surface area contributed by atoms with Crippen LogP contribution < -0.4 is 25.4 Å². The molecule has 12 heteroatoms. The first kappa shape index (κ1) is 51.1. The number of fused-ring (bicyclic) bond motifs is 3. The van der Waals surface area contributed by atoms with Crippen LogP contribution in [0.5, 0.6) is 23.0 Å². The van der Waals surface area contributed by atoms with Crippen LogP contribution in [0.15, 0.2) is 47.5 Å². The number of aliphatic imine (C=N–C) groups is 1. The van der Waals surface area contributed by atoms with Gasteiger partial charge in [-0.1, -0.05) is 63.5 Å². The number of methoxy groups -OCH3 is 1. The van der Waals surface area contributed by atoms with Gasteiger partial charge in [-0.2, -0.15) is 0 Å². The summed E-state index contributed by atoms with van der Waals surface area (Å²) < 4.78 is 18.9. The van der Waals surface area contributed by atoms with E-state index in [1.807, 2.05) is 25.3 Å². The number of hydrogen-bond acceptors (Lipinski definition) is 10. The first-order valence-corrected chi connectivity index (χ1v) is 26.7. The van der Waals surface area contributed by atoms with Crippen LogP contribution in [0.25, 0.3) is 0 Å². The van der Waals surface area contributed by atoms with Gasteiger partial charge in [-0.05, 0) is 174 Å². The highest BCUT2D eigenvalue weighted by atomic mass is 16.6. The van der Waals surface area contributed by atoms with Crippen LogP contribution >= 0.6 is 0 Å². The van der Waals surface area contributed by atoms with Gasteiger partial charge in [0.2, 0.25) is 5.96 Å². The lowest BCUT2D eigenvalue weighted by atomic mass is 9.50. The molecule has 5 fully saturated rings. The number of benzene rings is 2. The number of carbonyl (C=O) groups excluding carboxylic acids is 1. The number of allylic oxidation sites excluding steroid dienone is 2. The number of aliphatic hydroxyl groups is 2. The molecule has 0 amide bonds. The molecule has 1 aliphatic heterocycles. The monoisotopic (exact) mass is 951 g/mol. The molecular weight excluding hydrogens is 869 g/mol. The first-order valence-electron chi connectivity index (χ1n) is 26.7. The zero-order chi connectivity index (χ0) is 48.6. The van der Waals surface area contributed by atoms with E-state index in [2.05, 4.69) is 58.0 Å². The first-order chi connectivity index (χ1) is 33.5. The highest BCUT2D eigenvalue weighted by molar-refractivity contribution is 5.97. The van der Waals surface area contributed by atoms with Crippen LogP contribution in [0.4, 0.5) is 5.69 Å². The number of hydrogen-bond donors (Lipinski definition) is 7. The maximum atomic E-state index is 15.5. The molecule has 0 radical (unpaired) electrons. The van der Waals surface area contributed by atoms with Gasteiger partial charge in [0.05, 0.1) is 18.9 Å². The molecule has 10 unspecified atom stereocenters. The fraction of sp³-hybridized carbons (Fsp3) is 0.684. The second kappa shape index (κ2) is 22.9. The smallest absolute Gasteiger partial charge is 0.207 e. The molecule has 1 heterocycles. The van der Waals surface area contributed by atoms with E-state index in [1.54, 1.807) is 20.2 Å². The summed E-state index contributed by atoms with van der Waals surface area (Å²) in [7, 11) is 5.19. The summed E-state index contributed by atoms with van der Waals surface area (Å²) in [5.41, 5.74) is 0.782. The number of nitrogens with one attached hydrogen (secondary N) is 3. The van der Waals surface area contributed by atoms with E-state index < -0.39 is 22.7 Å². The molecule has 69 heavy (non-hydrogen) atoms. The molecular formula is C57H82N4O8. The van der Waals surface area contributed by atoms with Gasteiger partial charge in [0.15, 0.2) is 35.1 Å². The minimum atomic E-state index is -0.814. The number of nitrogens with zero attached hydrogens (tertiary/aromatic N) is 1. The van der Waals surface area contributed by atoms with Crippen LogP contribution in [0, 0.1) is 52.9 Å². The van der Waals surface area contributed by atoms with Gasteiger partial charge in [-0.25, -0.2) is 0 Å². The Morgan fingerprint density at radius 3 is 2.55 bits per heavy atom. The quantitative estimate of drug-likeness (QED) is 0.0457. The molecule has 2 aromatic rings. The average Bonchev–Trinajstić information content (AvgIpc) is 4.18. The number of aliphatic hydroxyl groups excluding tert-OH is 2. The predicted octanol–water partition coefficient (Wildman–Crippen LogP) is 9.67. The molecule has 378 valence electrons. The number of ketones is 1. The number of phenolic OH excluding ortho intramolecular Hbond substituents is 2. The Bertz CT molecular complexity index is 2200. The number of likely N-dealkylation sites (N-methyl/N-ethyl adjacent to an activating group) is 1. The minimum absolute atomic E-state index is 0.00398. The molecule has 12 nitrogen and oxygen atoms in total. The van der Waals surface area contributed by atoms with Crippen LogP contribution in [0.3, 0.4) is 0 Å². The largest absolute Gasteiger partial charge is 0.504 e. The maximum Gasteiger partial charge on any atom is 0.207 e. The van der Waals surface area contributed by atoms with E-state index >= 15 is 4.79 Å². The summed E-state index contributed by atoms with van der Waals surface area (Å²) in [6, 6.07) is 12.8. The summed E-state index contributed by atoms with van der Waals surface area (Å²) in [4.78, 5) is 20.1. The third kappa shape index (κ3) is 11.0. The predicted molar refractivity (Wildman–Crippen MR) is 271 cm³/mol. The van der Waals surface area contributed by atoms with Crippen LogP contribution in [-0.2, 0) is 21.4 Å². The standard InChI is InChI=1S/C57H82N4O8/c1-5-6-13-40-32-41(14-12-29-62)45-19-10-26-57(45)43-33-47(53(66)50(34-43)69-55(37-58-2)27-24-39(35-55)31-52(65)68-44-17-7-8-18-44)61-54(59-3)60-28-11-16-42-15-9-25-56(42,51(64)23-21-46(40)57)36-38-20-22-48(63)49(30-38)67-4/h20-23,30,33-34,39-42,44-46,52,58,62-63,65-66H,5-10,12-19,24-27,29,31-32,35-37H2,1-4H3,(H2,59,60,61). The van der Waals surface area contributed by atoms with Gasteiger partial charge in [0, 0.05) is 49.9 Å². The SMILES string of the molecule is CCCCC1CC(CCCO)C2CCCC23c2cc(c(O)c(OC4(CNC)CCC(CC(O)OC5CCCC5)C4)c2)NC(=NC)NC#CCC2CCCC2(Cc2ccc(O)c(OC)c2)C(=O)C=CC13. The summed E-state index contributed by atoms with van der Waals surface area (Å²) >= 11 is 0. The summed E-state index contributed by atoms with van der Waals surface area (Å²) in [6.07, 6.45) is 23.2. The topological polar surface area (TPSA) is 174 Å². The number of aromatic hydroxyl groups is 2. The lowest BCUT2D eigenvalue weighted by molar-refractivity contribution is -0.143. The van der Waals surface area contributed by atoms with Crippen molar-refractivity contribution >= 4 is 17.4 Å². The normalized spacial score (nSPS) is 32.4. The fourth-order valence-electron chi connectivity index (χ4n) is 14.6. The van der Waals surface area contributed by atoms with Gasteiger partial charge in [-0.15, -0.1) is 0 Å². The Labute approximate surface area is 411 Å². The number of ether oxygens (including phenoxy) is 3. The number of guanidine groups is 1. The zero-order valence-corrected chi connectivity index (χ0v) is 42.0. The van der Waals surface area contributed by atoms with E-state index in [0.717, 1.165) is 127 Å². The van der Waals surface area contributed by atoms with Crippen molar-refractivity contribution in [1.82, 2.24) is 10.6 Å². The van der Waals surface area contributed by atoms with Gasteiger partial charge in [-0.3, -0.25) is 15.1 Å². The minimum Gasteiger partial charge on any atom is -0.504 e. The van der Waals surface area contributed by atoms with Crippen molar-refractivity contribution in [3.8, 4) is 35.0 Å². The molecule has 7 N–H and O–H groups in total. The second-order valence-electron chi connectivity index (χ2n) is 21.8. The van der Waals surface area contributed by atoms with E-state index in [-0.39, 0.29) is 53.7 Å². The van der Waals surface area contributed by atoms with Crippen LogP contribution in [0.1, 0.15) is 153 Å². The highest BCUT2D eigenvalue weighted by Crippen LogP contribution is 2.64. The summed E-state index contributed by atoms with van der Waals surface area (Å²) in [5, 5.41) is 54.4. The third-order valence-corrected chi connectivity index (χ3v) is 17.8. The van der Waals surface area contributed by atoms with Crippen molar-refractivity contribution in [3.05, 3.63) is 53.6 Å². The summed E-state index contributed by atoms with van der Waals surface area (Å²) in [6.45, 7) is 2.98. The number of rotatable bonds is 17. The van der Waals surface area contributed by atoms with Crippen molar-refractivity contribution in [3.63, 3.8) is 0 Å². The third-order valence-electron chi connectivity index (χ3n) is 17.8. The van der Waals surface area contributed by atoms with Crippen LogP contribution in [-0.4, -0.2) is 84.5 Å². The van der Waals surface area contributed by atoms with Gasteiger partial charge < -0.3 is 45.3 Å². The molecule has 5 saturated carbocycles. The Balaban J connectivity index is 1.25. The number of anilines is 1. The van der Waals surface area contributed by atoms with Gasteiger partial charge in [0.1, 0.15) is 5.60 Å². The molecule has 5 aliphatic carbocycles. The Hall–Kier alpha value is -4.28. The molecule has 10 atom stereocenters. The molecule has 1 spiro atoms. The highest BCUT2D eigenvalue weighted by Gasteiger charge is 2.57. The van der Waals surface area contributed by atoms with E-state index in [4.69, 9.17) is 14.2 Å². The fourth-order valence-corrected chi connectivity index (χ4v) is 14.6. The van der Waals surface area contributed by atoms with Crippen molar-refractivity contribution < 1.29 is 39.4 Å². The van der Waals surface area contributed by atoms with Crippen molar-refractivity contribution in [1.29, 1.82) is 0 Å². The zero-order valence-electron chi connectivity index (χ0n) is 42.0. The average molecular weight is 951 g/mol. The Morgan fingerprint density at radius 1 is 0.971 bits per heavy atom. The van der Waals surface area contributed by atoms with E-state index in [1.165, 1.54) is 0 Å².